The number of aryl methyl sites for hydroxylation is 1. The Morgan fingerprint density at radius 1 is 1.46 bits per heavy atom. The molecule has 13 heavy (non-hydrogen) atoms. The number of thiophene rings is 1. The number of rotatable bonds is 1. The summed E-state index contributed by atoms with van der Waals surface area (Å²) >= 11 is 5.94. The van der Waals surface area contributed by atoms with Gasteiger partial charge in [0.05, 0.1) is 0 Å². The van der Waals surface area contributed by atoms with Crippen LogP contribution in [-0.4, -0.2) is 5.11 Å². The van der Waals surface area contributed by atoms with Crippen LogP contribution in [0.2, 0.25) is 0 Å². The highest BCUT2D eigenvalue weighted by atomic mass is 32.1. The first-order valence-electron chi connectivity index (χ1n) is 4.15. The molecule has 0 saturated carbocycles. The van der Waals surface area contributed by atoms with Crippen LogP contribution < -0.4 is 0 Å². The summed E-state index contributed by atoms with van der Waals surface area (Å²) in [6.07, 6.45) is 0.903. The van der Waals surface area contributed by atoms with Crippen LogP contribution in [0.1, 0.15) is 12.5 Å². The molecule has 2 aromatic rings. The van der Waals surface area contributed by atoms with Gasteiger partial charge in [0, 0.05) is 20.4 Å². The van der Waals surface area contributed by atoms with Gasteiger partial charge in [0.1, 0.15) is 5.75 Å². The van der Waals surface area contributed by atoms with Crippen molar-refractivity contribution in [1.29, 1.82) is 0 Å². The van der Waals surface area contributed by atoms with E-state index in [1.54, 1.807) is 16.7 Å². The lowest BCUT2D eigenvalue weighted by Gasteiger charge is -2.03. The summed E-state index contributed by atoms with van der Waals surface area (Å²) in [4.78, 5) is 0.962. The number of fused-ring (bicyclic) bond motifs is 1. The first-order chi connectivity index (χ1) is 6.24. The van der Waals surface area contributed by atoms with Crippen molar-refractivity contribution in [3.05, 3.63) is 23.1 Å². The number of aromatic hydroxyl groups is 1. The molecule has 0 aliphatic rings. The van der Waals surface area contributed by atoms with E-state index in [-0.39, 0.29) is 0 Å². The largest absolute Gasteiger partial charge is 0.506 e. The van der Waals surface area contributed by atoms with E-state index in [1.807, 2.05) is 12.1 Å². The molecule has 1 N–H and O–H groups in total. The van der Waals surface area contributed by atoms with Crippen LogP contribution in [0.25, 0.3) is 10.1 Å². The molecule has 0 bridgehead atoms. The van der Waals surface area contributed by atoms with Crippen molar-refractivity contribution in [3.63, 3.8) is 0 Å². The molecule has 0 unspecified atom stereocenters. The fraction of sp³-hybridized carbons (Fsp3) is 0.200. The fourth-order valence-electron chi connectivity index (χ4n) is 1.53. The van der Waals surface area contributed by atoms with Crippen molar-refractivity contribution in [2.24, 2.45) is 0 Å². The average molecular weight is 210 g/mol. The summed E-state index contributed by atoms with van der Waals surface area (Å²) in [6.45, 7) is 2.08. The van der Waals surface area contributed by atoms with Crippen LogP contribution in [0.4, 0.5) is 0 Å². The van der Waals surface area contributed by atoms with Crippen LogP contribution in [0, 0.1) is 0 Å². The SMILES string of the molecule is CCc1c(S)ccc2scc(O)c12. The second kappa shape index (κ2) is 3.24. The molecule has 0 aliphatic heterocycles. The van der Waals surface area contributed by atoms with Gasteiger partial charge in [-0.2, -0.15) is 0 Å². The lowest BCUT2D eigenvalue weighted by Crippen LogP contribution is -1.83. The molecule has 0 amide bonds. The van der Waals surface area contributed by atoms with Crippen LogP contribution in [0.5, 0.6) is 5.75 Å². The number of benzene rings is 1. The van der Waals surface area contributed by atoms with Crippen LogP contribution in [0.15, 0.2) is 22.4 Å². The lowest BCUT2D eigenvalue weighted by molar-refractivity contribution is 0.483. The van der Waals surface area contributed by atoms with Gasteiger partial charge in [-0.05, 0) is 24.1 Å². The predicted molar refractivity (Wildman–Crippen MR) is 60.1 cm³/mol. The van der Waals surface area contributed by atoms with Crippen molar-refractivity contribution in [1.82, 2.24) is 0 Å². The molecule has 1 aromatic carbocycles. The van der Waals surface area contributed by atoms with Gasteiger partial charge >= 0.3 is 0 Å². The van der Waals surface area contributed by atoms with E-state index in [9.17, 15) is 5.11 Å². The minimum Gasteiger partial charge on any atom is -0.506 e. The first kappa shape index (κ1) is 8.91. The highest BCUT2D eigenvalue weighted by Gasteiger charge is 2.09. The van der Waals surface area contributed by atoms with E-state index in [0.29, 0.717) is 5.75 Å². The van der Waals surface area contributed by atoms with Gasteiger partial charge in [-0.15, -0.1) is 24.0 Å². The number of hydrogen-bond donors (Lipinski definition) is 2. The van der Waals surface area contributed by atoms with Gasteiger partial charge in [-0.3, -0.25) is 0 Å². The zero-order valence-electron chi connectivity index (χ0n) is 7.24. The summed E-state index contributed by atoms with van der Waals surface area (Å²) in [5.41, 5.74) is 1.14. The Balaban J connectivity index is 2.88. The van der Waals surface area contributed by atoms with Gasteiger partial charge in [-0.25, -0.2) is 0 Å². The zero-order chi connectivity index (χ0) is 9.42. The third-order valence-corrected chi connectivity index (χ3v) is 3.51. The van der Waals surface area contributed by atoms with Gasteiger partial charge in [0.2, 0.25) is 0 Å². The Kier molecular flexibility index (Phi) is 2.22. The normalized spacial score (nSPS) is 10.9. The standard InChI is InChI=1S/C10H10OS2/c1-2-6-8(12)3-4-9-10(6)7(11)5-13-9/h3-5,11-12H,2H2,1H3. The zero-order valence-corrected chi connectivity index (χ0v) is 8.95. The minimum absolute atomic E-state index is 0.382. The Labute approximate surface area is 86.4 Å². The quantitative estimate of drug-likeness (QED) is 0.691. The topological polar surface area (TPSA) is 20.2 Å². The maximum absolute atomic E-state index is 9.62. The van der Waals surface area contributed by atoms with Crippen molar-refractivity contribution in [3.8, 4) is 5.75 Å². The summed E-state index contributed by atoms with van der Waals surface area (Å²) < 4.78 is 1.13. The molecule has 68 valence electrons. The highest BCUT2D eigenvalue weighted by molar-refractivity contribution is 7.80. The minimum atomic E-state index is 0.382. The molecular formula is C10H10OS2. The molecule has 0 radical (unpaired) electrons. The first-order valence-corrected chi connectivity index (χ1v) is 5.47. The molecule has 0 spiro atoms. The second-order valence-electron chi connectivity index (χ2n) is 2.91. The number of thiol groups is 1. The molecule has 0 saturated heterocycles. The monoisotopic (exact) mass is 210 g/mol. The predicted octanol–water partition coefficient (Wildman–Crippen LogP) is 3.46. The molecule has 1 heterocycles. The molecule has 1 nitrogen and oxygen atoms in total. The molecular weight excluding hydrogens is 200 g/mol. The Hall–Kier alpha value is -0.670. The van der Waals surface area contributed by atoms with E-state index >= 15 is 0 Å². The van der Waals surface area contributed by atoms with Crippen LogP contribution in [0.3, 0.4) is 0 Å². The lowest BCUT2D eigenvalue weighted by atomic mass is 10.1. The average Bonchev–Trinajstić information content (AvgIpc) is 2.49. The van der Waals surface area contributed by atoms with Crippen molar-refractivity contribution >= 4 is 34.1 Å². The maximum atomic E-state index is 9.62. The molecule has 0 atom stereocenters. The van der Waals surface area contributed by atoms with E-state index < -0.39 is 0 Å². The van der Waals surface area contributed by atoms with Crippen molar-refractivity contribution < 1.29 is 5.11 Å². The van der Waals surface area contributed by atoms with Gasteiger partial charge in [-0.1, -0.05) is 6.92 Å². The second-order valence-corrected chi connectivity index (χ2v) is 4.30. The summed E-state index contributed by atoms with van der Waals surface area (Å²) in [5.74, 6) is 0.382. The van der Waals surface area contributed by atoms with E-state index in [4.69, 9.17) is 0 Å². The summed E-state index contributed by atoms with van der Waals surface area (Å²) in [6, 6.07) is 3.99. The summed E-state index contributed by atoms with van der Waals surface area (Å²) in [7, 11) is 0. The van der Waals surface area contributed by atoms with E-state index in [2.05, 4.69) is 19.6 Å². The molecule has 2 rings (SSSR count). The fourth-order valence-corrected chi connectivity index (χ4v) is 2.72. The Bertz CT molecular complexity index is 445. The Morgan fingerprint density at radius 3 is 2.92 bits per heavy atom. The third kappa shape index (κ3) is 1.32. The van der Waals surface area contributed by atoms with Gasteiger partial charge in [0.15, 0.2) is 0 Å². The van der Waals surface area contributed by atoms with E-state index in [1.165, 1.54) is 0 Å². The molecule has 0 aliphatic carbocycles. The van der Waals surface area contributed by atoms with Crippen LogP contribution >= 0.6 is 24.0 Å². The highest BCUT2D eigenvalue weighted by Crippen LogP contribution is 2.36. The van der Waals surface area contributed by atoms with E-state index in [0.717, 1.165) is 27.0 Å². The number of hydrogen-bond acceptors (Lipinski definition) is 3. The van der Waals surface area contributed by atoms with Crippen molar-refractivity contribution in [2.75, 3.05) is 0 Å². The maximum Gasteiger partial charge on any atom is 0.134 e. The van der Waals surface area contributed by atoms with Crippen molar-refractivity contribution in [2.45, 2.75) is 18.2 Å². The Morgan fingerprint density at radius 2 is 2.23 bits per heavy atom. The summed E-state index contributed by atoms with van der Waals surface area (Å²) in [5, 5.41) is 12.4. The molecule has 1 aromatic heterocycles. The third-order valence-electron chi connectivity index (χ3n) is 2.16. The molecule has 0 fully saturated rings. The molecule has 3 heteroatoms. The van der Waals surface area contributed by atoms with Gasteiger partial charge in [0.25, 0.3) is 0 Å². The van der Waals surface area contributed by atoms with Gasteiger partial charge < -0.3 is 5.11 Å². The van der Waals surface area contributed by atoms with Crippen LogP contribution in [-0.2, 0) is 6.42 Å². The smallest absolute Gasteiger partial charge is 0.134 e.